The fraction of sp³-hybridized carbons (Fsp3) is 0.348. The van der Waals surface area contributed by atoms with Crippen molar-refractivity contribution in [2.45, 2.75) is 38.5 Å². The van der Waals surface area contributed by atoms with Gasteiger partial charge in [-0.25, -0.2) is 4.79 Å². The molecule has 4 nitrogen and oxygen atoms in total. The predicted molar refractivity (Wildman–Crippen MR) is 110 cm³/mol. The zero-order valence-corrected chi connectivity index (χ0v) is 15.6. The summed E-state index contributed by atoms with van der Waals surface area (Å²) < 4.78 is 0. The molecule has 4 heteroatoms. The van der Waals surface area contributed by atoms with E-state index in [4.69, 9.17) is 0 Å². The fourth-order valence-electron chi connectivity index (χ4n) is 4.25. The van der Waals surface area contributed by atoms with E-state index in [1.807, 2.05) is 24.3 Å². The van der Waals surface area contributed by atoms with Gasteiger partial charge in [-0.1, -0.05) is 36.4 Å². The molecule has 0 amide bonds. The topological polar surface area (TPSA) is 56.3 Å². The molecule has 0 atom stereocenters. The van der Waals surface area contributed by atoms with Crippen LogP contribution in [0.1, 0.15) is 47.3 Å². The summed E-state index contributed by atoms with van der Waals surface area (Å²) in [6, 6.07) is 16.6. The Morgan fingerprint density at radius 2 is 1.85 bits per heavy atom. The number of rotatable bonds is 6. The molecule has 1 aliphatic rings. The third-order valence-electron chi connectivity index (χ3n) is 5.59. The number of nitrogens with zero attached hydrogens (tertiary/aromatic N) is 1. The average molecular weight is 362 g/mol. The van der Waals surface area contributed by atoms with E-state index in [-0.39, 0.29) is 0 Å². The largest absolute Gasteiger partial charge is 0.477 e. The van der Waals surface area contributed by atoms with E-state index in [0.29, 0.717) is 5.69 Å². The van der Waals surface area contributed by atoms with Gasteiger partial charge >= 0.3 is 5.97 Å². The number of carboxylic acids is 1. The average Bonchev–Trinajstić information content (AvgIpc) is 2.93. The van der Waals surface area contributed by atoms with Gasteiger partial charge in [-0.15, -0.1) is 0 Å². The lowest BCUT2D eigenvalue weighted by Gasteiger charge is -2.25. The summed E-state index contributed by atoms with van der Waals surface area (Å²) in [7, 11) is 0. The van der Waals surface area contributed by atoms with Gasteiger partial charge in [0, 0.05) is 29.7 Å². The first-order chi connectivity index (χ1) is 13.2. The lowest BCUT2D eigenvalue weighted by atomic mass is 10.0. The molecule has 1 aliphatic heterocycles. The second kappa shape index (κ2) is 7.87. The van der Waals surface area contributed by atoms with Crippen LogP contribution in [0.2, 0.25) is 0 Å². The van der Waals surface area contributed by atoms with Crippen molar-refractivity contribution < 1.29 is 9.90 Å². The smallest absolute Gasteiger partial charge is 0.352 e. The van der Waals surface area contributed by atoms with E-state index >= 15 is 0 Å². The van der Waals surface area contributed by atoms with Crippen molar-refractivity contribution in [3.05, 3.63) is 65.4 Å². The number of aryl methyl sites for hydroxylation is 2. The Labute approximate surface area is 159 Å². The van der Waals surface area contributed by atoms with Gasteiger partial charge in [0.1, 0.15) is 5.69 Å². The van der Waals surface area contributed by atoms with E-state index in [1.165, 1.54) is 30.5 Å². The molecule has 0 spiro atoms. The van der Waals surface area contributed by atoms with Crippen LogP contribution in [-0.4, -0.2) is 29.1 Å². The number of aromatic nitrogens is 1. The summed E-state index contributed by atoms with van der Waals surface area (Å²) in [6.45, 7) is 2.15. The summed E-state index contributed by atoms with van der Waals surface area (Å²) in [4.78, 5) is 17.2. The quantitative estimate of drug-likeness (QED) is 0.605. The number of carbonyl (C=O) groups is 1. The van der Waals surface area contributed by atoms with Crippen LogP contribution in [0.3, 0.4) is 0 Å². The van der Waals surface area contributed by atoms with E-state index in [0.717, 1.165) is 48.8 Å². The normalized spacial score (nSPS) is 14.1. The number of para-hydroxylation sites is 2. The van der Waals surface area contributed by atoms with Crippen LogP contribution in [0.25, 0.3) is 10.9 Å². The first kappa shape index (κ1) is 17.7. The van der Waals surface area contributed by atoms with Crippen molar-refractivity contribution in [1.82, 2.24) is 4.98 Å². The van der Waals surface area contributed by atoms with Gasteiger partial charge in [-0.3, -0.25) is 0 Å². The monoisotopic (exact) mass is 362 g/mol. The van der Waals surface area contributed by atoms with Crippen LogP contribution in [0.5, 0.6) is 0 Å². The van der Waals surface area contributed by atoms with Crippen LogP contribution < -0.4 is 4.90 Å². The standard InChI is InChI=1S/C23H26N2O2/c26-23(27)22-19(18-11-2-3-13-20(18)24-22)12-6-8-16-25-15-7-5-10-17-9-1-4-14-21(17)25/h1-4,9,11,13-14,24H,5-8,10,12,15-16H2,(H,26,27). The Hall–Kier alpha value is -2.75. The Balaban J connectivity index is 1.43. The van der Waals surface area contributed by atoms with Crippen LogP contribution in [0.4, 0.5) is 5.69 Å². The summed E-state index contributed by atoms with van der Waals surface area (Å²) in [5.41, 5.74) is 5.03. The van der Waals surface area contributed by atoms with Crippen LogP contribution in [0.15, 0.2) is 48.5 Å². The lowest BCUT2D eigenvalue weighted by Crippen LogP contribution is -2.25. The first-order valence-corrected chi connectivity index (χ1v) is 9.90. The number of aromatic amines is 1. The van der Waals surface area contributed by atoms with Gasteiger partial charge in [0.2, 0.25) is 0 Å². The predicted octanol–water partition coefficient (Wildman–Crippen LogP) is 5.03. The minimum Gasteiger partial charge on any atom is -0.477 e. The van der Waals surface area contributed by atoms with Crippen molar-refractivity contribution in [3.63, 3.8) is 0 Å². The molecule has 4 rings (SSSR count). The number of fused-ring (bicyclic) bond motifs is 2. The molecule has 0 aliphatic carbocycles. The molecule has 0 unspecified atom stereocenters. The van der Waals surface area contributed by atoms with Crippen molar-refractivity contribution >= 4 is 22.6 Å². The molecule has 2 heterocycles. The molecular weight excluding hydrogens is 336 g/mol. The highest BCUT2D eigenvalue weighted by Crippen LogP contribution is 2.27. The van der Waals surface area contributed by atoms with Crippen LogP contribution >= 0.6 is 0 Å². The van der Waals surface area contributed by atoms with Gasteiger partial charge < -0.3 is 15.0 Å². The molecule has 0 saturated heterocycles. The summed E-state index contributed by atoms with van der Waals surface area (Å²) in [5, 5.41) is 10.6. The maximum absolute atomic E-state index is 11.6. The first-order valence-electron chi connectivity index (χ1n) is 9.90. The minimum atomic E-state index is -0.873. The minimum absolute atomic E-state index is 0.344. The highest BCUT2D eigenvalue weighted by molar-refractivity contribution is 5.97. The molecule has 1 aromatic heterocycles. The molecule has 3 aromatic rings. The SMILES string of the molecule is O=C(O)c1[nH]c2ccccc2c1CCCCN1CCCCc2ccccc21. The van der Waals surface area contributed by atoms with Gasteiger partial charge in [0.15, 0.2) is 0 Å². The summed E-state index contributed by atoms with van der Waals surface area (Å²) in [5.74, 6) is -0.873. The number of carboxylic acid groups (broad SMARTS) is 1. The Morgan fingerprint density at radius 1 is 1.04 bits per heavy atom. The molecule has 0 bridgehead atoms. The van der Waals surface area contributed by atoms with Crippen molar-refractivity contribution in [1.29, 1.82) is 0 Å². The highest BCUT2D eigenvalue weighted by atomic mass is 16.4. The number of aromatic carboxylic acids is 1. The Kier molecular flexibility index (Phi) is 5.14. The van der Waals surface area contributed by atoms with Crippen molar-refractivity contribution in [3.8, 4) is 0 Å². The Morgan fingerprint density at radius 3 is 2.74 bits per heavy atom. The van der Waals surface area contributed by atoms with E-state index < -0.39 is 5.97 Å². The second-order valence-electron chi connectivity index (χ2n) is 7.36. The second-order valence-corrected chi connectivity index (χ2v) is 7.36. The molecule has 0 fully saturated rings. The van der Waals surface area contributed by atoms with E-state index in [1.54, 1.807) is 0 Å². The zero-order valence-electron chi connectivity index (χ0n) is 15.6. The molecule has 27 heavy (non-hydrogen) atoms. The highest BCUT2D eigenvalue weighted by Gasteiger charge is 2.17. The third kappa shape index (κ3) is 3.70. The number of hydrogen-bond acceptors (Lipinski definition) is 2. The molecular formula is C23H26N2O2. The van der Waals surface area contributed by atoms with E-state index in [2.05, 4.69) is 34.1 Å². The van der Waals surface area contributed by atoms with Gasteiger partial charge in [0.05, 0.1) is 0 Å². The van der Waals surface area contributed by atoms with Crippen molar-refractivity contribution in [2.24, 2.45) is 0 Å². The maximum atomic E-state index is 11.6. The maximum Gasteiger partial charge on any atom is 0.352 e. The Bertz CT molecular complexity index is 944. The molecule has 140 valence electrons. The molecule has 2 aromatic carbocycles. The number of anilines is 1. The lowest BCUT2D eigenvalue weighted by molar-refractivity contribution is 0.0690. The summed E-state index contributed by atoms with van der Waals surface area (Å²) >= 11 is 0. The van der Waals surface area contributed by atoms with Gasteiger partial charge in [-0.05, 0) is 61.8 Å². The number of H-pyrrole nitrogens is 1. The molecule has 0 saturated carbocycles. The number of benzene rings is 2. The van der Waals surface area contributed by atoms with E-state index in [9.17, 15) is 9.90 Å². The fourth-order valence-corrected chi connectivity index (χ4v) is 4.25. The molecule has 0 radical (unpaired) electrons. The third-order valence-corrected chi connectivity index (χ3v) is 5.59. The van der Waals surface area contributed by atoms with Gasteiger partial charge in [0.25, 0.3) is 0 Å². The van der Waals surface area contributed by atoms with Crippen molar-refractivity contribution in [2.75, 3.05) is 18.0 Å². The molecule has 2 N–H and O–H groups in total. The van der Waals surface area contributed by atoms with Crippen LogP contribution in [0, 0.1) is 0 Å². The zero-order chi connectivity index (χ0) is 18.6. The number of nitrogens with one attached hydrogen (secondary N) is 1. The number of hydrogen-bond donors (Lipinski definition) is 2. The number of unbranched alkanes of at least 4 members (excludes halogenated alkanes) is 1. The summed E-state index contributed by atoms with van der Waals surface area (Å²) in [6.07, 6.45) is 6.50. The van der Waals surface area contributed by atoms with Crippen LogP contribution in [-0.2, 0) is 12.8 Å². The van der Waals surface area contributed by atoms with Gasteiger partial charge in [-0.2, -0.15) is 0 Å².